The molecule has 10 heteroatoms. The lowest BCUT2D eigenvalue weighted by Crippen LogP contribution is -2.27. The van der Waals surface area contributed by atoms with Crippen LogP contribution in [0.5, 0.6) is 0 Å². The summed E-state index contributed by atoms with van der Waals surface area (Å²) in [5.74, 6) is -2.73. The zero-order chi connectivity index (χ0) is 12.3. The van der Waals surface area contributed by atoms with Gasteiger partial charge < -0.3 is 5.73 Å². The van der Waals surface area contributed by atoms with Gasteiger partial charge in [-0.3, -0.25) is 15.2 Å². The first-order valence-electron chi connectivity index (χ1n) is 4.35. The number of nitrogens with one attached hydrogen (secondary N) is 2. The number of H-pyrrole nitrogens is 1. The molecule has 1 amide bonds. The fraction of sp³-hybridized carbons (Fsp3) is 0.571. The third-order valence-electron chi connectivity index (χ3n) is 1.79. The molecule has 1 rings (SSSR count). The molecule has 0 saturated carbocycles. The van der Waals surface area contributed by atoms with Crippen LogP contribution in [-0.2, 0) is 11.0 Å². The van der Waals surface area contributed by atoms with Crippen molar-refractivity contribution in [2.75, 3.05) is 11.9 Å². The maximum Gasteiger partial charge on any atom is 0.451 e. The minimum absolute atomic E-state index is 0. The van der Waals surface area contributed by atoms with E-state index in [9.17, 15) is 18.0 Å². The van der Waals surface area contributed by atoms with Crippen molar-refractivity contribution >= 4 is 24.3 Å². The lowest BCUT2D eigenvalue weighted by molar-refractivity contribution is -0.144. The molecule has 0 aliphatic carbocycles. The summed E-state index contributed by atoms with van der Waals surface area (Å²) in [5, 5.41) is 7.00. The monoisotopic (exact) mass is 273 g/mol. The molecule has 1 heterocycles. The molecule has 17 heavy (non-hydrogen) atoms. The highest BCUT2D eigenvalue weighted by atomic mass is 35.5. The molecule has 4 N–H and O–H groups in total. The summed E-state index contributed by atoms with van der Waals surface area (Å²) in [7, 11) is 0. The molecule has 0 radical (unpaired) electrons. The summed E-state index contributed by atoms with van der Waals surface area (Å²) in [6, 6.07) is 0. The van der Waals surface area contributed by atoms with Gasteiger partial charge in [0.25, 0.3) is 0 Å². The normalized spacial score (nSPS) is 12.8. The Kier molecular flexibility index (Phi) is 5.36. The zero-order valence-electron chi connectivity index (χ0n) is 8.71. The second-order valence-electron chi connectivity index (χ2n) is 3.13. The number of carbonyl (C=O) groups is 1. The van der Waals surface area contributed by atoms with Gasteiger partial charge in [-0.2, -0.15) is 18.2 Å². The third kappa shape index (κ3) is 4.19. The van der Waals surface area contributed by atoms with E-state index in [2.05, 4.69) is 15.4 Å². The number of amides is 1. The van der Waals surface area contributed by atoms with Gasteiger partial charge in [0.2, 0.25) is 17.7 Å². The minimum atomic E-state index is -4.62. The number of halogens is 4. The predicted octanol–water partition coefficient (Wildman–Crippen LogP) is 0.779. The largest absolute Gasteiger partial charge is 0.451 e. The number of nitrogens with zero attached hydrogens (tertiary/aromatic N) is 2. The summed E-state index contributed by atoms with van der Waals surface area (Å²) in [4.78, 5) is 14.3. The van der Waals surface area contributed by atoms with Crippen LogP contribution in [0.4, 0.5) is 19.1 Å². The van der Waals surface area contributed by atoms with Gasteiger partial charge in [0, 0.05) is 12.5 Å². The molecule has 0 fully saturated rings. The Balaban J connectivity index is 0.00000256. The Morgan fingerprint density at radius 3 is 2.59 bits per heavy atom. The second-order valence-corrected chi connectivity index (χ2v) is 3.13. The average Bonchev–Trinajstić information content (AvgIpc) is 2.64. The molecule has 1 aromatic rings. The van der Waals surface area contributed by atoms with Gasteiger partial charge in [-0.15, -0.1) is 17.5 Å². The number of nitrogens with two attached hydrogens (primary N) is 1. The first-order chi connectivity index (χ1) is 7.34. The van der Waals surface area contributed by atoms with Gasteiger partial charge in [0.1, 0.15) is 0 Å². The number of alkyl halides is 3. The van der Waals surface area contributed by atoms with E-state index >= 15 is 0 Å². The Labute approximate surface area is 101 Å². The number of aromatic amines is 1. The van der Waals surface area contributed by atoms with E-state index in [0.29, 0.717) is 0 Å². The zero-order valence-corrected chi connectivity index (χ0v) is 9.52. The minimum Gasteiger partial charge on any atom is -0.330 e. The maximum atomic E-state index is 12.1. The summed E-state index contributed by atoms with van der Waals surface area (Å²) in [6.07, 6.45) is -4.62. The Morgan fingerprint density at radius 1 is 1.59 bits per heavy atom. The Hall–Kier alpha value is -1.35. The van der Waals surface area contributed by atoms with Crippen molar-refractivity contribution in [3.8, 4) is 0 Å². The SMILES string of the molecule is CC(CN)C(=O)Nc1n[nH]c(C(F)(F)F)n1.Cl. The first-order valence-corrected chi connectivity index (χ1v) is 4.35. The number of carbonyl (C=O) groups excluding carboxylic acids is 1. The summed E-state index contributed by atoms with van der Waals surface area (Å²) < 4.78 is 36.3. The number of hydrogen-bond acceptors (Lipinski definition) is 4. The van der Waals surface area contributed by atoms with Crippen LogP contribution < -0.4 is 11.1 Å². The van der Waals surface area contributed by atoms with Crippen molar-refractivity contribution in [3.63, 3.8) is 0 Å². The van der Waals surface area contributed by atoms with E-state index in [1.54, 1.807) is 5.10 Å². The molecule has 6 nitrogen and oxygen atoms in total. The Bertz CT molecular complexity index is 380. The van der Waals surface area contributed by atoms with E-state index in [4.69, 9.17) is 5.73 Å². The van der Waals surface area contributed by atoms with Gasteiger partial charge in [-0.1, -0.05) is 6.92 Å². The van der Waals surface area contributed by atoms with Gasteiger partial charge in [0.05, 0.1) is 0 Å². The van der Waals surface area contributed by atoms with Crippen LogP contribution in [0.3, 0.4) is 0 Å². The number of anilines is 1. The molecular weight excluding hydrogens is 263 g/mol. The number of aromatic nitrogens is 3. The van der Waals surface area contributed by atoms with E-state index < -0.39 is 29.8 Å². The van der Waals surface area contributed by atoms with Crippen LogP contribution in [0.1, 0.15) is 12.7 Å². The average molecular weight is 274 g/mol. The highest BCUT2D eigenvalue weighted by Gasteiger charge is 2.35. The van der Waals surface area contributed by atoms with Gasteiger partial charge in [-0.25, -0.2) is 0 Å². The third-order valence-corrected chi connectivity index (χ3v) is 1.79. The molecule has 1 unspecified atom stereocenters. The van der Waals surface area contributed by atoms with Crippen LogP contribution in [0.15, 0.2) is 0 Å². The van der Waals surface area contributed by atoms with Crippen LogP contribution >= 0.6 is 12.4 Å². The van der Waals surface area contributed by atoms with Crippen molar-refractivity contribution < 1.29 is 18.0 Å². The summed E-state index contributed by atoms with van der Waals surface area (Å²) >= 11 is 0. The molecule has 0 spiro atoms. The van der Waals surface area contributed by atoms with Crippen LogP contribution in [0, 0.1) is 5.92 Å². The molecule has 1 atom stereocenters. The van der Waals surface area contributed by atoms with Crippen molar-refractivity contribution in [3.05, 3.63) is 5.82 Å². The second kappa shape index (κ2) is 5.82. The molecule has 1 aromatic heterocycles. The van der Waals surface area contributed by atoms with Gasteiger partial charge in [-0.05, 0) is 0 Å². The van der Waals surface area contributed by atoms with E-state index in [1.165, 1.54) is 6.92 Å². The van der Waals surface area contributed by atoms with Crippen LogP contribution in [-0.4, -0.2) is 27.6 Å². The van der Waals surface area contributed by atoms with Gasteiger partial charge >= 0.3 is 6.18 Å². The van der Waals surface area contributed by atoms with Crippen molar-refractivity contribution in [2.24, 2.45) is 11.7 Å². The maximum absolute atomic E-state index is 12.1. The van der Waals surface area contributed by atoms with Crippen molar-refractivity contribution in [1.29, 1.82) is 0 Å². The molecule has 0 aliphatic heterocycles. The Morgan fingerprint density at radius 2 is 2.18 bits per heavy atom. The highest BCUT2D eigenvalue weighted by Crippen LogP contribution is 2.26. The number of hydrogen-bond donors (Lipinski definition) is 3. The fourth-order valence-electron chi connectivity index (χ4n) is 0.785. The topological polar surface area (TPSA) is 96.7 Å². The highest BCUT2D eigenvalue weighted by molar-refractivity contribution is 5.90. The molecule has 0 saturated heterocycles. The smallest absolute Gasteiger partial charge is 0.330 e. The van der Waals surface area contributed by atoms with Gasteiger partial charge in [0.15, 0.2) is 0 Å². The molecule has 0 aromatic carbocycles. The molecule has 0 bridgehead atoms. The summed E-state index contributed by atoms with van der Waals surface area (Å²) in [5.41, 5.74) is 5.21. The van der Waals surface area contributed by atoms with Crippen LogP contribution in [0.2, 0.25) is 0 Å². The molecular formula is C7H11ClF3N5O. The van der Waals surface area contributed by atoms with Crippen LogP contribution in [0.25, 0.3) is 0 Å². The molecule has 0 aliphatic rings. The lowest BCUT2D eigenvalue weighted by Gasteiger charge is -2.06. The predicted molar refractivity (Wildman–Crippen MR) is 55.5 cm³/mol. The fourth-order valence-corrected chi connectivity index (χ4v) is 0.785. The summed E-state index contributed by atoms with van der Waals surface area (Å²) in [6.45, 7) is 1.62. The lowest BCUT2D eigenvalue weighted by atomic mass is 10.2. The van der Waals surface area contributed by atoms with Crippen molar-refractivity contribution in [2.45, 2.75) is 13.1 Å². The van der Waals surface area contributed by atoms with E-state index in [-0.39, 0.29) is 19.0 Å². The van der Waals surface area contributed by atoms with E-state index in [1.807, 2.05) is 0 Å². The quantitative estimate of drug-likeness (QED) is 0.758. The standard InChI is InChI=1S/C7H10F3N5O.ClH/c1-3(2-11)4(16)12-6-13-5(14-15-6)7(8,9)10;/h3H,2,11H2,1H3,(H2,12,13,14,15,16);1H. The first kappa shape index (κ1) is 15.7. The van der Waals surface area contributed by atoms with Crippen molar-refractivity contribution in [1.82, 2.24) is 15.2 Å². The number of rotatable bonds is 3. The van der Waals surface area contributed by atoms with E-state index in [0.717, 1.165) is 0 Å². The molecule has 98 valence electrons.